The maximum Gasteiger partial charge on any atom is 0.349 e. The number of ether oxygens (including phenoxy) is 2. The Labute approximate surface area is 213 Å². The summed E-state index contributed by atoms with van der Waals surface area (Å²) in [6.07, 6.45) is 1.44. The van der Waals surface area contributed by atoms with Crippen LogP contribution >= 0.6 is 0 Å². The Kier molecular flexibility index (Phi) is 7.08. The highest BCUT2D eigenvalue weighted by Crippen LogP contribution is 2.25. The fourth-order valence-electron chi connectivity index (χ4n) is 3.96. The van der Waals surface area contributed by atoms with Crippen molar-refractivity contribution in [3.63, 3.8) is 0 Å². The zero-order chi connectivity index (χ0) is 26.5. The van der Waals surface area contributed by atoms with E-state index in [9.17, 15) is 20.4 Å². The number of para-hydroxylation sites is 2. The van der Waals surface area contributed by atoms with Crippen molar-refractivity contribution in [1.82, 2.24) is 14.5 Å². The lowest BCUT2D eigenvalue weighted by Gasteiger charge is -2.10. The first-order valence-electron chi connectivity index (χ1n) is 11.3. The second-order valence-corrected chi connectivity index (χ2v) is 8.14. The molecule has 0 aliphatic rings. The molecule has 9 nitrogen and oxygen atoms in total. The van der Waals surface area contributed by atoms with Gasteiger partial charge >= 0.3 is 5.97 Å². The standard InChI is InChI=1S/C28H23N5O4/c1-17-12-19(18(2)33(17)21-8-10-22(36-3)11-9-21)13-20(14-29)28(35)37-16-26(34)23(15-30)27-31-24-6-4-5-7-25(24)32-27/h4-13,34H,16H2,1-3H3,(H,31,32)/b20-13+,26-23-. The first-order chi connectivity index (χ1) is 17.9. The zero-order valence-electron chi connectivity index (χ0n) is 20.4. The van der Waals surface area contributed by atoms with Crippen LogP contribution in [0.5, 0.6) is 5.75 Å². The molecule has 0 aliphatic heterocycles. The summed E-state index contributed by atoms with van der Waals surface area (Å²) in [6.45, 7) is 3.20. The quantitative estimate of drug-likeness (QED) is 0.161. The van der Waals surface area contributed by atoms with Crippen molar-refractivity contribution in [3.8, 4) is 23.6 Å². The molecule has 0 saturated heterocycles. The van der Waals surface area contributed by atoms with Crippen LogP contribution < -0.4 is 4.74 Å². The first kappa shape index (κ1) is 24.8. The number of methoxy groups -OCH3 is 1. The third kappa shape index (κ3) is 5.07. The van der Waals surface area contributed by atoms with E-state index >= 15 is 0 Å². The smallest absolute Gasteiger partial charge is 0.349 e. The van der Waals surface area contributed by atoms with Crippen molar-refractivity contribution in [2.45, 2.75) is 13.8 Å². The number of aliphatic hydroxyl groups excluding tert-OH is 1. The molecule has 0 spiro atoms. The van der Waals surface area contributed by atoms with Gasteiger partial charge in [-0.25, -0.2) is 9.78 Å². The number of aromatic nitrogens is 3. The van der Waals surface area contributed by atoms with Gasteiger partial charge < -0.3 is 24.1 Å². The summed E-state index contributed by atoms with van der Waals surface area (Å²) in [5.74, 6) is -0.521. The molecule has 0 aliphatic carbocycles. The molecule has 2 aromatic heterocycles. The minimum absolute atomic E-state index is 0.152. The lowest BCUT2D eigenvalue weighted by molar-refractivity contribution is -0.138. The largest absolute Gasteiger partial charge is 0.507 e. The van der Waals surface area contributed by atoms with Gasteiger partial charge in [0.05, 0.1) is 18.1 Å². The van der Waals surface area contributed by atoms with Crippen molar-refractivity contribution >= 4 is 28.7 Å². The number of esters is 1. The summed E-state index contributed by atoms with van der Waals surface area (Å²) in [5, 5.41) is 29.6. The third-order valence-electron chi connectivity index (χ3n) is 5.81. The number of fused-ring (bicyclic) bond motifs is 1. The Morgan fingerprint density at radius 3 is 2.51 bits per heavy atom. The second kappa shape index (κ2) is 10.5. The Hall–Kier alpha value is -5.28. The van der Waals surface area contributed by atoms with Crippen LogP contribution in [0.25, 0.3) is 28.4 Å². The number of aryl methyl sites for hydroxylation is 1. The van der Waals surface area contributed by atoms with Gasteiger partial charge in [0.15, 0.2) is 11.6 Å². The Balaban J connectivity index is 1.54. The molecule has 2 aromatic carbocycles. The Bertz CT molecular complexity index is 1590. The fourth-order valence-corrected chi connectivity index (χ4v) is 3.96. The number of benzene rings is 2. The van der Waals surface area contributed by atoms with Crippen LogP contribution in [0.1, 0.15) is 22.8 Å². The van der Waals surface area contributed by atoms with E-state index in [1.807, 2.05) is 67.0 Å². The molecule has 0 amide bonds. The van der Waals surface area contributed by atoms with Crippen LogP contribution in [0.4, 0.5) is 0 Å². The number of aromatic amines is 1. The number of allylic oxidation sites excluding steroid dienone is 1. The van der Waals surface area contributed by atoms with Crippen molar-refractivity contribution < 1.29 is 19.4 Å². The van der Waals surface area contributed by atoms with Crippen LogP contribution in [0.3, 0.4) is 0 Å². The number of hydrogen-bond donors (Lipinski definition) is 2. The molecule has 37 heavy (non-hydrogen) atoms. The number of imidazole rings is 1. The van der Waals surface area contributed by atoms with Crippen molar-refractivity contribution in [3.05, 3.63) is 88.7 Å². The number of nitrogens with zero attached hydrogens (tertiary/aromatic N) is 4. The summed E-state index contributed by atoms with van der Waals surface area (Å²) in [7, 11) is 1.60. The van der Waals surface area contributed by atoms with Crippen LogP contribution in [0.2, 0.25) is 0 Å². The van der Waals surface area contributed by atoms with Crippen LogP contribution in [-0.4, -0.2) is 39.3 Å². The van der Waals surface area contributed by atoms with Crippen LogP contribution in [0, 0.1) is 36.5 Å². The molecule has 0 atom stereocenters. The summed E-state index contributed by atoms with van der Waals surface area (Å²) < 4.78 is 12.4. The fraction of sp³-hybridized carbons (Fsp3) is 0.143. The number of H-pyrrole nitrogens is 1. The summed E-state index contributed by atoms with van der Waals surface area (Å²) in [6, 6.07) is 20.3. The van der Waals surface area contributed by atoms with Crippen LogP contribution in [0.15, 0.2) is 65.9 Å². The highest BCUT2D eigenvalue weighted by molar-refractivity contribution is 5.98. The summed E-state index contributed by atoms with van der Waals surface area (Å²) in [5.41, 5.74) is 4.21. The topological polar surface area (TPSA) is 137 Å². The molecule has 184 valence electrons. The van der Waals surface area contributed by atoms with Gasteiger partial charge in [0.2, 0.25) is 0 Å². The van der Waals surface area contributed by atoms with E-state index in [-0.39, 0.29) is 17.0 Å². The lowest BCUT2D eigenvalue weighted by atomic mass is 10.1. The molecule has 0 fully saturated rings. The van der Waals surface area contributed by atoms with Gasteiger partial charge in [-0.3, -0.25) is 0 Å². The van der Waals surface area contributed by atoms with Crippen molar-refractivity contribution in [1.29, 1.82) is 10.5 Å². The van der Waals surface area contributed by atoms with E-state index in [0.29, 0.717) is 16.6 Å². The second-order valence-electron chi connectivity index (χ2n) is 8.14. The maximum absolute atomic E-state index is 12.6. The molecule has 0 radical (unpaired) electrons. The Morgan fingerprint density at radius 1 is 1.14 bits per heavy atom. The zero-order valence-corrected chi connectivity index (χ0v) is 20.4. The number of rotatable bonds is 7. The van der Waals surface area contributed by atoms with E-state index in [1.54, 1.807) is 25.3 Å². The van der Waals surface area contributed by atoms with Crippen molar-refractivity contribution in [2.75, 3.05) is 13.7 Å². The summed E-state index contributed by atoms with van der Waals surface area (Å²) in [4.78, 5) is 19.9. The van der Waals surface area contributed by atoms with E-state index < -0.39 is 18.3 Å². The van der Waals surface area contributed by atoms with Gasteiger partial charge in [-0.1, -0.05) is 12.1 Å². The van der Waals surface area contributed by atoms with E-state index in [4.69, 9.17) is 9.47 Å². The van der Waals surface area contributed by atoms with E-state index in [1.165, 1.54) is 6.08 Å². The maximum atomic E-state index is 12.6. The number of nitriles is 2. The van der Waals surface area contributed by atoms with Gasteiger partial charge in [0.1, 0.15) is 35.6 Å². The molecule has 0 unspecified atom stereocenters. The molecule has 2 N–H and O–H groups in total. The highest BCUT2D eigenvalue weighted by Gasteiger charge is 2.18. The lowest BCUT2D eigenvalue weighted by Crippen LogP contribution is -2.10. The number of nitrogens with one attached hydrogen (secondary N) is 1. The van der Waals surface area contributed by atoms with Gasteiger partial charge in [-0.2, -0.15) is 10.5 Å². The predicted octanol–water partition coefficient (Wildman–Crippen LogP) is 4.92. The molecule has 0 bridgehead atoms. The highest BCUT2D eigenvalue weighted by atomic mass is 16.5. The SMILES string of the molecule is COc1ccc(-n2c(C)cc(/C=C(\C#N)C(=O)OC/C(O)=C(\C#N)c3nc4ccccc4[nH]3)c2C)cc1. The molecule has 4 rings (SSSR count). The van der Waals surface area contributed by atoms with Gasteiger partial charge in [-0.05, 0) is 68.0 Å². The molecule has 0 saturated carbocycles. The average Bonchev–Trinajstić information content (AvgIpc) is 3.46. The van der Waals surface area contributed by atoms with Crippen LogP contribution in [-0.2, 0) is 9.53 Å². The third-order valence-corrected chi connectivity index (χ3v) is 5.81. The van der Waals surface area contributed by atoms with E-state index in [0.717, 1.165) is 22.8 Å². The molecule has 4 aromatic rings. The Morgan fingerprint density at radius 2 is 1.86 bits per heavy atom. The van der Waals surface area contributed by atoms with Gasteiger partial charge in [0.25, 0.3) is 0 Å². The monoisotopic (exact) mass is 493 g/mol. The average molecular weight is 494 g/mol. The summed E-state index contributed by atoms with van der Waals surface area (Å²) >= 11 is 0. The van der Waals surface area contributed by atoms with Gasteiger partial charge in [-0.15, -0.1) is 0 Å². The molecular formula is C28H23N5O4. The minimum Gasteiger partial charge on any atom is -0.507 e. The van der Waals surface area contributed by atoms with E-state index in [2.05, 4.69) is 9.97 Å². The first-order valence-corrected chi connectivity index (χ1v) is 11.3. The number of carbonyl (C=O) groups excluding carboxylic acids is 1. The molecular weight excluding hydrogens is 470 g/mol. The van der Waals surface area contributed by atoms with Crippen molar-refractivity contribution in [2.24, 2.45) is 0 Å². The predicted molar refractivity (Wildman–Crippen MR) is 138 cm³/mol. The normalized spacial score (nSPS) is 12.0. The minimum atomic E-state index is -0.926. The molecule has 2 heterocycles. The number of carbonyl (C=O) groups is 1. The number of aliphatic hydroxyl groups is 1. The number of hydrogen-bond acceptors (Lipinski definition) is 7. The molecule has 9 heteroatoms. The van der Waals surface area contributed by atoms with Gasteiger partial charge in [0, 0.05) is 17.1 Å².